The van der Waals surface area contributed by atoms with E-state index in [2.05, 4.69) is 54.2 Å². The number of nitrogens with one attached hydrogen (secondary N) is 1. The minimum atomic E-state index is 0.546. The average molecular weight is 318 g/mol. The molecule has 0 saturated carbocycles. The molecule has 0 fully saturated rings. The Morgan fingerprint density at radius 1 is 1.29 bits per heavy atom. The summed E-state index contributed by atoms with van der Waals surface area (Å²) in [6, 6.07) is 4.95. The number of thiophene rings is 1. The van der Waals surface area contributed by atoms with E-state index in [1.165, 1.54) is 34.3 Å². The molecule has 0 radical (unpaired) electrons. The maximum absolute atomic E-state index is 3.66. The van der Waals surface area contributed by atoms with Gasteiger partial charge in [0.2, 0.25) is 0 Å². The summed E-state index contributed by atoms with van der Waals surface area (Å²) < 4.78 is 1.24. The van der Waals surface area contributed by atoms with Gasteiger partial charge in [0, 0.05) is 10.9 Å². The van der Waals surface area contributed by atoms with Gasteiger partial charge in [-0.05, 0) is 53.4 Å². The van der Waals surface area contributed by atoms with E-state index in [-0.39, 0.29) is 0 Å². The van der Waals surface area contributed by atoms with Gasteiger partial charge in [-0.25, -0.2) is 0 Å². The Hall–Kier alpha value is 0.140. The predicted molar refractivity (Wildman–Crippen MR) is 81.7 cm³/mol. The average Bonchev–Trinajstić information content (AvgIpc) is 2.69. The lowest BCUT2D eigenvalue weighted by Gasteiger charge is -2.17. The smallest absolute Gasteiger partial charge is 0.0701 e. The van der Waals surface area contributed by atoms with Crippen LogP contribution in [0.15, 0.2) is 15.9 Å². The van der Waals surface area contributed by atoms with Crippen LogP contribution in [-0.2, 0) is 0 Å². The highest BCUT2D eigenvalue weighted by Crippen LogP contribution is 2.30. The number of halogens is 1. The monoisotopic (exact) mass is 317 g/mol. The standard InChI is InChI=1S/C14H24BrNS/c1-4-10-16-12(7-5-6-11(2)3)13-8-9-14(15)17-13/h8-9,11-12,16H,4-7,10H2,1-3H3. The molecule has 1 unspecified atom stereocenters. The zero-order chi connectivity index (χ0) is 12.7. The van der Waals surface area contributed by atoms with Gasteiger partial charge in [0.25, 0.3) is 0 Å². The van der Waals surface area contributed by atoms with Crippen molar-refractivity contribution in [1.29, 1.82) is 0 Å². The van der Waals surface area contributed by atoms with E-state index in [1.54, 1.807) is 0 Å². The summed E-state index contributed by atoms with van der Waals surface area (Å²) in [5.74, 6) is 0.817. The Balaban J connectivity index is 2.48. The van der Waals surface area contributed by atoms with E-state index < -0.39 is 0 Å². The molecule has 0 amide bonds. The largest absolute Gasteiger partial charge is 0.309 e. The normalized spacial score (nSPS) is 13.2. The molecule has 1 heterocycles. The van der Waals surface area contributed by atoms with Gasteiger partial charge in [0.15, 0.2) is 0 Å². The van der Waals surface area contributed by atoms with Gasteiger partial charge >= 0.3 is 0 Å². The molecule has 17 heavy (non-hydrogen) atoms. The van der Waals surface area contributed by atoms with Crippen LogP contribution in [-0.4, -0.2) is 6.54 Å². The fraction of sp³-hybridized carbons (Fsp3) is 0.714. The summed E-state index contributed by atoms with van der Waals surface area (Å²) in [6.07, 6.45) is 5.10. The van der Waals surface area contributed by atoms with Crippen molar-refractivity contribution in [2.24, 2.45) is 5.92 Å². The van der Waals surface area contributed by atoms with Crippen LogP contribution in [0.2, 0.25) is 0 Å². The Morgan fingerprint density at radius 2 is 2.06 bits per heavy atom. The molecule has 98 valence electrons. The maximum atomic E-state index is 3.66. The summed E-state index contributed by atoms with van der Waals surface area (Å²) in [5, 5.41) is 3.66. The van der Waals surface area contributed by atoms with E-state index in [1.807, 2.05) is 11.3 Å². The van der Waals surface area contributed by atoms with Crippen molar-refractivity contribution in [1.82, 2.24) is 5.32 Å². The van der Waals surface area contributed by atoms with Crippen LogP contribution in [0.1, 0.15) is 57.4 Å². The van der Waals surface area contributed by atoms with Crippen molar-refractivity contribution in [3.63, 3.8) is 0 Å². The first-order chi connectivity index (χ1) is 8.13. The highest BCUT2D eigenvalue weighted by Gasteiger charge is 2.12. The lowest BCUT2D eigenvalue weighted by molar-refractivity contribution is 0.452. The fourth-order valence-corrected chi connectivity index (χ4v) is 3.44. The minimum Gasteiger partial charge on any atom is -0.309 e. The van der Waals surface area contributed by atoms with E-state index in [0.29, 0.717) is 6.04 Å². The summed E-state index contributed by atoms with van der Waals surface area (Å²) in [4.78, 5) is 1.47. The molecule has 1 N–H and O–H groups in total. The Kier molecular flexibility index (Phi) is 7.40. The summed E-state index contributed by atoms with van der Waals surface area (Å²) in [6.45, 7) is 7.94. The van der Waals surface area contributed by atoms with Crippen LogP contribution in [0.3, 0.4) is 0 Å². The molecule has 0 spiro atoms. The predicted octanol–water partition coefficient (Wildman–Crippen LogP) is 5.38. The molecule has 0 aliphatic heterocycles. The fourth-order valence-electron chi connectivity index (χ4n) is 1.91. The molecule has 0 aliphatic carbocycles. The minimum absolute atomic E-state index is 0.546. The Morgan fingerprint density at radius 3 is 2.59 bits per heavy atom. The third kappa shape index (κ3) is 6.03. The van der Waals surface area contributed by atoms with Crippen LogP contribution >= 0.6 is 27.3 Å². The van der Waals surface area contributed by atoms with Gasteiger partial charge in [0.1, 0.15) is 0 Å². The van der Waals surface area contributed by atoms with E-state index >= 15 is 0 Å². The van der Waals surface area contributed by atoms with Crippen molar-refractivity contribution >= 4 is 27.3 Å². The molecular formula is C14H24BrNS. The molecule has 1 nitrogen and oxygen atoms in total. The quantitative estimate of drug-likeness (QED) is 0.679. The van der Waals surface area contributed by atoms with Crippen molar-refractivity contribution < 1.29 is 0 Å². The highest BCUT2D eigenvalue weighted by molar-refractivity contribution is 9.11. The summed E-state index contributed by atoms with van der Waals surface area (Å²) >= 11 is 5.41. The SMILES string of the molecule is CCCNC(CCCC(C)C)c1ccc(Br)s1. The molecule has 3 heteroatoms. The van der Waals surface area contributed by atoms with Crippen molar-refractivity contribution in [2.75, 3.05) is 6.54 Å². The summed E-state index contributed by atoms with van der Waals surface area (Å²) in [7, 11) is 0. The van der Waals surface area contributed by atoms with Crippen molar-refractivity contribution in [3.8, 4) is 0 Å². The van der Waals surface area contributed by atoms with E-state index in [9.17, 15) is 0 Å². The lowest BCUT2D eigenvalue weighted by atomic mass is 10.0. The molecule has 1 rings (SSSR count). The molecule has 0 saturated heterocycles. The van der Waals surface area contributed by atoms with Gasteiger partial charge < -0.3 is 5.32 Å². The first kappa shape index (κ1) is 15.2. The third-order valence-corrected chi connectivity index (χ3v) is 4.59. The van der Waals surface area contributed by atoms with Crippen LogP contribution in [0.5, 0.6) is 0 Å². The Bertz CT molecular complexity index is 309. The number of hydrogen-bond donors (Lipinski definition) is 1. The zero-order valence-corrected chi connectivity index (χ0v) is 13.5. The molecule has 0 aromatic carbocycles. The second-order valence-electron chi connectivity index (χ2n) is 4.97. The van der Waals surface area contributed by atoms with Crippen molar-refractivity contribution in [2.45, 2.75) is 52.5 Å². The number of rotatable bonds is 8. The van der Waals surface area contributed by atoms with Gasteiger partial charge in [-0.1, -0.05) is 33.6 Å². The lowest BCUT2D eigenvalue weighted by Crippen LogP contribution is -2.21. The second kappa shape index (κ2) is 8.28. The van der Waals surface area contributed by atoms with Crippen LogP contribution < -0.4 is 5.32 Å². The zero-order valence-electron chi connectivity index (χ0n) is 11.1. The van der Waals surface area contributed by atoms with Crippen LogP contribution in [0, 0.1) is 5.92 Å². The molecule has 1 aromatic rings. The topological polar surface area (TPSA) is 12.0 Å². The van der Waals surface area contributed by atoms with Gasteiger partial charge in [-0.15, -0.1) is 11.3 Å². The first-order valence-corrected chi connectivity index (χ1v) is 8.23. The second-order valence-corrected chi connectivity index (χ2v) is 7.47. The van der Waals surface area contributed by atoms with Crippen LogP contribution in [0.25, 0.3) is 0 Å². The van der Waals surface area contributed by atoms with Gasteiger partial charge in [-0.3, -0.25) is 0 Å². The van der Waals surface area contributed by atoms with Gasteiger partial charge in [0.05, 0.1) is 3.79 Å². The van der Waals surface area contributed by atoms with Crippen molar-refractivity contribution in [3.05, 3.63) is 20.8 Å². The Labute approximate surface area is 118 Å². The molecule has 0 aliphatic rings. The molecule has 1 atom stereocenters. The molecule has 0 bridgehead atoms. The molecule has 1 aromatic heterocycles. The highest BCUT2D eigenvalue weighted by atomic mass is 79.9. The maximum Gasteiger partial charge on any atom is 0.0701 e. The van der Waals surface area contributed by atoms with Gasteiger partial charge in [-0.2, -0.15) is 0 Å². The summed E-state index contributed by atoms with van der Waals surface area (Å²) in [5.41, 5.74) is 0. The number of hydrogen-bond acceptors (Lipinski definition) is 2. The van der Waals surface area contributed by atoms with Crippen LogP contribution in [0.4, 0.5) is 0 Å². The first-order valence-electron chi connectivity index (χ1n) is 6.62. The van der Waals surface area contributed by atoms with E-state index in [4.69, 9.17) is 0 Å². The third-order valence-electron chi connectivity index (χ3n) is 2.85. The van der Waals surface area contributed by atoms with E-state index in [0.717, 1.165) is 12.5 Å². The molecular weight excluding hydrogens is 294 g/mol.